The van der Waals surface area contributed by atoms with E-state index in [0.29, 0.717) is 24.5 Å². The fourth-order valence-electron chi connectivity index (χ4n) is 8.30. The lowest BCUT2D eigenvalue weighted by Gasteiger charge is -2.48. The standard InChI is InChI=1S/C32H39ClN2O4S/c1-40(38)25-6-2-4-21(15-25)30(36)26-10-7-23(26)17-35-18-32(13-3-5-20-14-24(33)9-11-27(20)32)19-39-29-12-8-22(16-28(29)35)31(37)34-40/h8-9,11-12,14,16,21,23,25-26,30,36H,1-7,10,13,15,17-19H2,(H,34,37,38)/t21-,23+,25-,26-,30-,32+,40?/m1/s1. The van der Waals surface area contributed by atoms with Crippen LogP contribution in [0.2, 0.25) is 5.02 Å². The lowest BCUT2D eigenvalue weighted by molar-refractivity contribution is -0.0313. The van der Waals surface area contributed by atoms with Crippen LogP contribution in [0.25, 0.3) is 0 Å². The molecule has 2 fully saturated rings. The van der Waals surface area contributed by atoms with Crippen molar-refractivity contribution in [2.24, 2.45) is 17.8 Å². The molecule has 2 aromatic carbocycles. The van der Waals surface area contributed by atoms with Gasteiger partial charge >= 0.3 is 0 Å². The highest BCUT2D eigenvalue weighted by atomic mass is 35.5. The number of ether oxygens (including phenoxy) is 1. The van der Waals surface area contributed by atoms with E-state index in [2.05, 4.69) is 27.6 Å². The van der Waals surface area contributed by atoms with Crippen molar-refractivity contribution in [1.29, 1.82) is 0 Å². The number of rotatable bonds is 0. The molecule has 0 aromatic heterocycles. The predicted octanol–water partition coefficient (Wildman–Crippen LogP) is 5.13. The van der Waals surface area contributed by atoms with E-state index < -0.39 is 15.8 Å². The van der Waals surface area contributed by atoms with E-state index in [1.165, 1.54) is 11.1 Å². The number of hydrogen-bond donors (Lipinski definition) is 2. The number of nitrogens with zero attached hydrogens (tertiary/aromatic N) is 1. The quantitative estimate of drug-likeness (QED) is 0.421. The lowest BCUT2D eigenvalue weighted by atomic mass is 9.65. The number of nitrogens with one attached hydrogen (secondary N) is 1. The highest BCUT2D eigenvalue weighted by Gasteiger charge is 2.46. The third-order valence-corrected chi connectivity index (χ3v) is 12.9. The van der Waals surface area contributed by atoms with Gasteiger partial charge in [-0.05, 0) is 116 Å². The van der Waals surface area contributed by atoms with E-state index >= 15 is 0 Å². The van der Waals surface area contributed by atoms with Crippen molar-refractivity contribution >= 4 is 38.8 Å². The number of aliphatic hydroxyl groups excluding tert-OH is 1. The summed E-state index contributed by atoms with van der Waals surface area (Å²) in [4.78, 5) is 15.9. The van der Waals surface area contributed by atoms with Crippen molar-refractivity contribution in [3.63, 3.8) is 0 Å². The van der Waals surface area contributed by atoms with E-state index in [9.17, 15) is 14.1 Å². The molecule has 2 N–H and O–H groups in total. The second-order valence-electron chi connectivity index (χ2n) is 13.0. The molecular weight excluding hydrogens is 544 g/mol. The Morgan fingerprint density at radius 3 is 2.80 bits per heavy atom. The molecular formula is C32H39ClN2O4S. The molecule has 8 heteroatoms. The molecule has 3 aliphatic carbocycles. The number of aliphatic hydroxyl groups is 1. The molecule has 6 nitrogen and oxygen atoms in total. The van der Waals surface area contributed by atoms with Gasteiger partial charge in [0.25, 0.3) is 5.91 Å². The Morgan fingerprint density at radius 1 is 1.10 bits per heavy atom. The van der Waals surface area contributed by atoms with Gasteiger partial charge in [0.1, 0.15) is 5.75 Å². The summed E-state index contributed by atoms with van der Waals surface area (Å²) < 4.78 is 23.1. The maximum absolute atomic E-state index is 13.7. The van der Waals surface area contributed by atoms with Crippen LogP contribution in [0.3, 0.4) is 0 Å². The van der Waals surface area contributed by atoms with Crippen LogP contribution in [0.15, 0.2) is 36.4 Å². The lowest BCUT2D eigenvalue weighted by Crippen LogP contribution is -2.51. The van der Waals surface area contributed by atoms with Crippen LogP contribution in [0.5, 0.6) is 5.75 Å². The Labute approximate surface area is 242 Å². The minimum atomic E-state index is -2.87. The summed E-state index contributed by atoms with van der Waals surface area (Å²) in [7, 11) is -2.87. The summed E-state index contributed by atoms with van der Waals surface area (Å²) in [5.74, 6) is 5.10. The summed E-state index contributed by atoms with van der Waals surface area (Å²) >= 11 is 6.40. The fraction of sp³-hybridized carbons (Fsp3) is 0.562. The number of halogens is 1. The molecule has 4 bridgehead atoms. The third-order valence-electron chi connectivity index (χ3n) is 10.6. The first-order valence-electron chi connectivity index (χ1n) is 14.9. The number of aryl methyl sites for hydroxylation is 1. The summed E-state index contributed by atoms with van der Waals surface area (Å²) in [5.41, 5.74) is 3.79. The average molecular weight is 583 g/mol. The second-order valence-corrected chi connectivity index (χ2v) is 15.7. The molecule has 5 aliphatic rings. The molecule has 214 valence electrons. The minimum absolute atomic E-state index is 0.0936. The number of hydrogen-bond acceptors (Lipinski definition) is 5. The van der Waals surface area contributed by atoms with Gasteiger partial charge < -0.3 is 14.7 Å². The topological polar surface area (TPSA) is 78.9 Å². The zero-order valence-electron chi connectivity index (χ0n) is 22.9. The fourth-order valence-corrected chi connectivity index (χ4v) is 10.2. The average Bonchev–Trinajstić information content (AvgIpc) is 3.07. The van der Waals surface area contributed by atoms with Crippen molar-refractivity contribution in [1.82, 2.24) is 4.72 Å². The monoisotopic (exact) mass is 582 g/mol. The Balaban J connectivity index is 1.32. The number of fused-ring (bicyclic) bond motifs is 6. The zero-order valence-corrected chi connectivity index (χ0v) is 24.5. The molecule has 2 aliphatic heterocycles. The molecule has 2 saturated carbocycles. The van der Waals surface area contributed by atoms with Gasteiger partial charge in [-0.1, -0.05) is 24.1 Å². The van der Waals surface area contributed by atoms with Crippen LogP contribution in [0, 0.1) is 17.8 Å². The van der Waals surface area contributed by atoms with Crippen LogP contribution in [-0.4, -0.2) is 52.1 Å². The Bertz CT molecular complexity index is 1440. The first-order chi connectivity index (χ1) is 19.2. The Morgan fingerprint density at radius 2 is 1.98 bits per heavy atom. The smallest absolute Gasteiger partial charge is 0.262 e. The first kappa shape index (κ1) is 26.7. The normalized spacial score (nSPS) is 37.1. The SMILES string of the molecule is C=S1(=O)NC(=O)c2ccc3c(c2)N(C[C@@H]2CC[C@H]2[C@H](O)[C@@H]2CCC[C@@H]1C2)C[C@@]1(CCCc2cc(Cl)ccc21)CO3. The van der Waals surface area contributed by atoms with Crippen LogP contribution < -0.4 is 14.4 Å². The highest BCUT2D eigenvalue weighted by Crippen LogP contribution is 2.48. The van der Waals surface area contributed by atoms with Crippen molar-refractivity contribution in [2.75, 3.05) is 24.6 Å². The van der Waals surface area contributed by atoms with Gasteiger partial charge in [-0.25, -0.2) is 4.21 Å². The van der Waals surface area contributed by atoms with E-state index in [4.69, 9.17) is 16.3 Å². The Hall–Kier alpha value is -2.22. The van der Waals surface area contributed by atoms with Crippen LogP contribution >= 0.6 is 11.6 Å². The van der Waals surface area contributed by atoms with Gasteiger partial charge in [0.15, 0.2) is 0 Å². The molecule has 2 aromatic rings. The summed E-state index contributed by atoms with van der Waals surface area (Å²) in [6.45, 7) is 2.15. The highest BCUT2D eigenvalue weighted by molar-refractivity contribution is 7.99. The van der Waals surface area contributed by atoms with Gasteiger partial charge in [0.2, 0.25) is 0 Å². The molecule has 0 radical (unpaired) electrons. The number of amides is 1. The molecule has 7 rings (SSSR count). The number of benzene rings is 2. The minimum Gasteiger partial charge on any atom is -0.490 e. The Kier molecular flexibility index (Phi) is 6.64. The van der Waals surface area contributed by atoms with Gasteiger partial charge in [-0.3, -0.25) is 9.52 Å². The molecule has 40 heavy (non-hydrogen) atoms. The van der Waals surface area contributed by atoms with Gasteiger partial charge in [-0.2, -0.15) is 0 Å². The molecule has 7 atom stereocenters. The largest absolute Gasteiger partial charge is 0.490 e. The summed E-state index contributed by atoms with van der Waals surface area (Å²) in [5, 5.41) is 12.2. The maximum Gasteiger partial charge on any atom is 0.262 e. The van der Waals surface area contributed by atoms with Crippen LogP contribution in [0.1, 0.15) is 72.9 Å². The van der Waals surface area contributed by atoms with Crippen molar-refractivity contribution in [3.05, 3.63) is 58.1 Å². The number of carbonyl (C=O) groups excluding carboxylic acids is 1. The van der Waals surface area contributed by atoms with Crippen molar-refractivity contribution < 1.29 is 18.8 Å². The molecule has 1 spiro atoms. The summed E-state index contributed by atoms with van der Waals surface area (Å²) in [6, 6.07) is 11.8. The third kappa shape index (κ3) is 4.53. The summed E-state index contributed by atoms with van der Waals surface area (Å²) in [6.07, 6.45) is 8.03. The van der Waals surface area contributed by atoms with E-state index in [1.54, 1.807) is 6.07 Å². The molecule has 2 heterocycles. The molecule has 1 unspecified atom stereocenters. The van der Waals surface area contributed by atoms with Crippen LogP contribution in [0.4, 0.5) is 5.69 Å². The maximum atomic E-state index is 13.7. The van der Waals surface area contributed by atoms with E-state index in [1.807, 2.05) is 18.2 Å². The molecule has 0 saturated heterocycles. The van der Waals surface area contributed by atoms with Crippen molar-refractivity contribution in [3.8, 4) is 5.75 Å². The second kappa shape index (κ2) is 9.95. The van der Waals surface area contributed by atoms with E-state index in [-0.39, 0.29) is 28.4 Å². The van der Waals surface area contributed by atoms with E-state index in [0.717, 1.165) is 80.9 Å². The van der Waals surface area contributed by atoms with Gasteiger partial charge in [-0.15, -0.1) is 0 Å². The van der Waals surface area contributed by atoms with Gasteiger partial charge in [0, 0.05) is 34.3 Å². The molecule has 1 amide bonds. The number of carbonyl (C=O) groups is 1. The number of anilines is 1. The zero-order chi connectivity index (χ0) is 27.6. The van der Waals surface area contributed by atoms with Crippen LogP contribution in [-0.2, 0) is 21.5 Å². The van der Waals surface area contributed by atoms with Gasteiger partial charge in [0.05, 0.1) is 28.1 Å². The predicted molar refractivity (Wildman–Crippen MR) is 161 cm³/mol. The van der Waals surface area contributed by atoms with Crippen molar-refractivity contribution in [2.45, 2.75) is 74.6 Å². The first-order valence-corrected chi connectivity index (χ1v) is 17.1.